The van der Waals surface area contributed by atoms with Crippen molar-refractivity contribution in [3.05, 3.63) is 35.1 Å². The molecule has 0 aliphatic heterocycles. The third-order valence-electron chi connectivity index (χ3n) is 3.38. The molecule has 0 heterocycles. The van der Waals surface area contributed by atoms with Crippen LogP contribution < -0.4 is 0 Å². The van der Waals surface area contributed by atoms with E-state index in [1.807, 2.05) is 0 Å². The Kier molecular flexibility index (Phi) is 4.87. The monoisotopic (exact) mass is 282 g/mol. The lowest BCUT2D eigenvalue weighted by Gasteiger charge is -2.31. The summed E-state index contributed by atoms with van der Waals surface area (Å²) in [6, 6.07) is 4.13. The van der Waals surface area contributed by atoms with Gasteiger partial charge in [0.25, 0.3) is 0 Å². The molecule has 1 atom stereocenters. The predicted molar refractivity (Wildman–Crippen MR) is 71.9 cm³/mol. The first-order valence-corrected chi connectivity index (χ1v) is 6.37. The lowest BCUT2D eigenvalue weighted by atomic mass is 9.72. The Morgan fingerprint density at radius 3 is 2.50 bits per heavy atom. The van der Waals surface area contributed by atoms with Crippen molar-refractivity contribution >= 4 is 11.9 Å². The highest BCUT2D eigenvalue weighted by Gasteiger charge is 2.44. The van der Waals surface area contributed by atoms with Gasteiger partial charge in [0.1, 0.15) is 5.82 Å². The van der Waals surface area contributed by atoms with E-state index < -0.39 is 29.1 Å². The summed E-state index contributed by atoms with van der Waals surface area (Å²) in [5, 5.41) is 9.33. The summed E-state index contributed by atoms with van der Waals surface area (Å²) in [6.45, 7) is 6.66. The van der Waals surface area contributed by atoms with Gasteiger partial charge in [0.2, 0.25) is 0 Å². The topological polar surface area (TPSA) is 63.6 Å². The zero-order chi connectivity index (χ0) is 15.5. The second-order valence-electron chi connectivity index (χ2n) is 5.20. The molecule has 0 saturated carbocycles. The molecule has 4 nitrogen and oxygen atoms in total. The fourth-order valence-electron chi connectivity index (χ4n) is 2.37. The average Bonchev–Trinajstić information content (AvgIpc) is 2.31. The fourth-order valence-corrected chi connectivity index (χ4v) is 2.37. The molecule has 0 saturated heterocycles. The molecule has 0 fully saturated rings. The molecule has 20 heavy (non-hydrogen) atoms. The van der Waals surface area contributed by atoms with Gasteiger partial charge in [-0.1, -0.05) is 19.9 Å². The Morgan fingerprint density at radius 2 is 2.00 bits per heavy atom. The summed E-state index contributed by atoms with van der Waals surface area (Å²) in [5.74, 6) is -3.94. The van der Waals surface area contributed by atoms with Gasteiger partial charge in [-0.2, -0.15) is 0 Å². The lowest BCUT2D eigenvalue weighted by molar-refractivity contribution is -0.161. The Bertz CT molecular complexity index is 523. The summed E-state index contributed by atoms with van der Waals surface area (Å²) < 4.78 is 18.3. The van der Waals surface area contributed by atoms with Gasteiger partial charge in [0, 0.05) is 5.41 Å². The molecule has 5 heteroatoms. The standard InChI is InChI=1S/C15H19FO4/c1-5-20-14(19)12(13(17)18)15(3,4)11-8-10(16)7-6-9(11)2/h6-8,12H,5H2,1-4H3,(H,17,18). The third kappa shape index (κ3) is 3.15. The Labute approximate surface area is 117 Å². The number of carbonyl (C=O) groups excluding carboxylic acids is 1. The molecular formula is C15H19FO4. The van der Waals surface area contributed by atoms with E-state index in [2.05, 4.69) is 0 Å². The lowest BCUT2D eigenvalue weighted by Crippen LogP contribution is -2.42. The molecule has 0 radical (unpaired) electrons. The number of halogens is 1. The normalized spacial score (nSPS) is 12.8. The van der Waals surface area contributed by atoms with Crippen LogP contribution in [0.5, 0.6) is 0 Å². The number of hydrogen-bond donors (Lipinski definition) is 1. The highest BCUT2D eigenvalue weighted by molar-refractivity contribution is 5.95. The van der Waals surface area contributed by atoms with Gasteiger partial charge >= 0.3 is 11.9 Å². The molecule has 1 unspecified atom stereocenters. The second kappa shape index (κ2) is 6.03. The van der Waals surface area contributed by atoms with Gasteiger partial charge in [-0.05, 0) is 37.1 Å². The number of esters is 1. The first kappa shape index (κ1) is 16.1. The van der Waals surface area contributed by atoms with Gasteiger partial charge in [-0.15, -0.1) is 0 Å². The van der Waals surface area contributed by atoms with E-state index >= 15 is 0 Å². The van der Waals surface area contributed by atoms with E-state index in [-0.39, 0.29) is 6.61 Å². The van der Waals surface area contributed by atoms with Gasteiger partial charge in [0.15, 0.2) is 5.92 Å². The number of hydrogen-bond acceptors (Lipinski definition) is 3. The number of aliphatic carboxylic acids is 1. The third-order valence-corrected chi connectivity index (χ3v) is 3.38. The molecule has 1 aromatic rings. The zero-order valence-electron chi connectivity index (χ0n) is 12.1. The number of carboxylic acids is 1. The van der Waals surface area contributed by atoms with Crippen molar-refractivity contribution < 1.29 is 23.8 Å². The van der Waals surface area contributed by atoms with E-state index in [0.717, 1.165) is 5.56 Å². The van der Waals surface area contributed by atoms with Gasteiger partial charge in [0.05, 0.1) is 6.61 Å². The molecule has 0 amide bonds. The van der Waals surface area contributed by atoms with Crippen LogP contribution in [0.3, 0.4) is 0 Å². The molecule has 1 rings (SSSR count). The highest BCUT2D eigenvalue weighted by atomic mass is 19.1. The van der Waals surface area contributed by atoms with Crippen LogP contribution in [0, 0.1) is 18.7 Å². The first-order valence-electron chi connectivity index (χ1n) is 6.37. The van der Waals surface area contributed by atoms with Crippen molar-refractivity contribution in [2.24, 2.45) is 5.92 Å². The minimum atomic E-state index is -1.39. The van der Waals surface area contributed by atoms with Crippen molar-refractivity contribution in [2.45, 2.75) is 33.1 Å². The summed E-state index contributed by atoms with van der Waals surface area (Å²) in [5.41, 5.74) is 0.134. The van der Waals surface area contributed by atoms with Gasteiger partial charge < -0.3 is 9.84 Å². The van der Waals surface area contributed by atoms with Crippen LogP contribution in [0.2, 0.25) is 0 Å². The van der Waals surface area contributed by atoms with E-state index in [1.165, 1.54) is 12.1 Å². The summed E-state index contributed by atoms with van der Waals surface area (Å²) >= 11 is 0. The van der Waals surface area contributed by atoms with E-state index in [1.54, 1.807) is 33.8 Å². The van der Waals surface area contributed by atoms with Crippen LogP contribution >= 0.6 is 0 Å². The maximum Gasteiger partial charge on any atom is 0.321 e. The Morgan fingerprint density at radius 1 is 1.40 bits per heavy atom. The van der Waals surface area contributed by atoms with Crippen molar-refractivity contribution in [1.82, 2.24) is 0 Å². The van der Waals surface area contributed by atoms with Crippen LogP contribution in [0.1, 0.15) is 31.9 Å². The number of rotatable bonds is 5. The Balaban J connectivity index is 3.32. The first-order chi connectivity index (χ1) is 9.21. The predicted octanol–water partition coefficient (Wildman–Crippen LogP) is 2.68. The van der Waals surface area contributed by atoms with Crippen LogP contribution in [0.25, 0.3) is 0 Å². The number of benzene rings is 1. The maximum atomic E-state index is 13.4. The summed E-state index contributed by atoms with van der Waals surface area (Å²) in [4.78, 5) is 23.3. The molecule has 0 aliphatic rings. The maximum absolute atomic E-state index is 13.4. The number of aryl methyl sites for hydroxylation is 1. The summed E-state index contributed by atoms with van der Waals surface area (Å²) in [7, 11) is 0. The van der Waals surface area contributed by atoms with Crippen LogP contribution in [-0.4, -0.2) is 23.7 Å². The largest absolute Gasteiger partial charge is 0.481 e. The second-order valence-corrected chi connectivity index (χ2v) is 5.20. The average molecular weight is 282 g/mol. The molecule has 0 spiro atoms. The van der Waals surface area contributed by atoms with Crippen LogP contribution in [0.15, 0.2) is 18.2 Å². The minimum absolute atomic E-state index is 0.0980. The van der Waals surface area contributed by atoms with Crippen molar-refractivity contribution in [2.75, 3.05) is 6.61 Å². The zero-order valence-corrected chi connectivity index (χ0v) is 12.1. The minimum Gasteiger partial charge on any atom is -0.481 e. The fraction of sp³-hybridized carbons (Fsp3) is 0.467. The molecule has 0 bridgehead atoms. The van der Waals surface area contributed by atoms with Gasteiger partial charge in [-0.25, -0.2) is 4.39 Å². The van der Waals surface area contributed by atoms with Crippen molar-refractivity contribution in [1.29, 1.82) is 0 Å². The van der Waals surface area contributed by atoms with Crippen LogP contribution in [0.4, 0.5) is 4.39 Å². The molecular weight excluding hydrogens is 263 g/mol. The van der Waals surface area contributed by atoms with E-state index in [4.69, 9.17) is 4.74 Å². The molecule has 0 aliphatic carbocycles. The molecule has 110 valence electrons. The van der Waals surface area contributed by atoms with E-state index in [9.17, 15) is 19.1 Å². The summed E-state index contributed by atoms with van der Waals surface area (Å²) in [6.07, 6.45) is 0. The smallest absolute Gasteiger partial charge is 0.321 e. The number of carboxylic acid groups (broad SMARTS) is 1. The van der Waals surface area contributed by atoms with Crippen LogP contribution in [-0.2, 0) is 19.7 Å². The van der Waals surface area contributed by atoms with Crippen molar-refractivity contribution in [3.63, 3.8) is 0 Å². The van der Waals surface area contributed by atoms with Crippen molar-refractivity contribution in [3.8, 4) is 0 Å². The molecule has 1 aromatic carbocycles. The number of carbonyl (C=O) groups is 2. The Hall–Kier alpha value is -1.91. The van der Waals surface area contributed by atoms with E-state index in [0.29, 0.717) is 5.56 Å². The quantitative estimate of drug-likeness (QED) is 0.666. The molecule has 0 aromatic heterocycles. The number of ether oxygens (including phenoxy) is 1. The highest BCUT2D eigenvalue weighted by Crippen LogP contribution is 2.35. The SMILES string of the molecule is CCOC(=O)C(C(=O)O)C(C)(C)c1cc(F)ccc1C. The van der Waals surface area contributed by atoms with Gasteiger partial charge in [-0.3, -0.25) is 9.59 Å². The molecule has 1 N–H and O–H groups in total.